The molecule has 0 saturated carbocycles. The Balaban J connectivity index is 1.63. The van der Waals surface area contributed by atoms with Crippen molar-refractivity contribution in [2.75, 3.05) is 23.3 Å². The highest BCUT2D eigenvalue weighted by Crippen LogP contribution is 2.18. The Hall–Kier alpha value is -3.29. The molecule has 150 valence electrons. The highest BCUT2D eigenvalue weighted by molar-refractivity contribution is 5.93. The maximum Gasteiger partial charge on any atom is 0.265 e. The second-order valence-corrected chi connectivity index (χ2v) is 7.19. The summed E-state index contributed by atoms with van der Waals surface area (Å²) in [5, 5.41) is 3.17. The van der Waals surface area contributed by atoms with Crippen molar-refractivity contribution < 1.29 is 4.79 Å². The van der Waals surface area contributed by atoms with Gasteiger partial charge in [0.25, 0.3) is 5.56 Å². The van der Waals surface area contributed by atoms with E-state index in [0.29, 0.717) is 29.1 Å². The largest absolute Gasteiger partial charge is 0.341 e. The van der Waals surface area contributed by atoms with E-state index in [4.69, 9.17) is 0 Å². The fraction of sp³-hybridized carbons (Fsp3) is 0.381. The third-order valence-electron chi connectivity index (χ3n) is 5.23. The first-order chi connectivity index (χ1) is 14.2. The van der Waals surface area contributed by atoms with Crippen LogP contribution < -0.4 is 15.8 Å². The average molecular weight is 392 g/mol. The van der Waals surface area contributed by atoms with Crippen molar-refractivity contribution in [3.63, 3.8) is 0 Å². The SMILES string of the molecule is CC[C@H](C(=O)Nc1ccccc1)n1cnc2nc(N3CCCCC3)ncc2c1=O. The lowest BCUT2D eigenvalue weighted by Gasteiger charge is -2.26. The number of nitrogens with zero attached hydrogens (tertiary/aromatic N) is 5. The van der Waals surface area contributed by atoms with Gasteiger partial charge in [-0.1, -0.05) is 25.1 Å². The number of amides is 1. The van der Waals surface area contributed by atoms with Gasteiger partial charge in [0, 0.05) is 25.0 Å². The molecule has 0 aliphatic carbocycles. The molecule has 0 bridgehead atoms. The van der Waals surface area contributed by atoms with Crippen LogP contribution in [0.15, 0.2) is 47.7 Å². The predicted octanol–water partition coefficient (Wildman–Crippen LogP) is 2.77. The first-order valence-electron chi connectivity index (χ1n) is 10.0. The van der Waals surface area contributed by atoms with Gasteiger partial charge in [-0.15, -0.1) is 0 Å². The zero-order chi connectivity index (χ0) is 20.2. The summed E-state index contributed by atoms with van der Waals surface area (Å²) < 4.78 is 1.37. The number of aromatic nitrogens is 4. The van der Waals surface area contributed by atoms with Crippen LogP contribution in [-0.2, 0) is 4.79 Å². The molecule has 1 aliphatic rings. The van der Waals surface area contributed by atoms with Crippen LogP contribution in [0, 0.1) is 0 Å². The minimum Gasteiger partial charge on any atom is -0.341 e. The molecule has 1 fully saturated rings. The lowest BCUT2D eigenvalue weighted by Crippen LogP contribution is -2.34. The molecule has 3 aromatic rings. The van der Waals surface area contributed by atoms with Crippen LogP contribution >= 0.6 is 0 Å². The van der Waals surface area contributed by atoms with Gasteiger partial charge in [-0.05, 0) is 37.8 Å². The summed E-state index contributed by atoms with van der Waals surface area (Å²) in [6.45, 7) is 3.70. The standard InChI is InChI=1S/C21H24N6O2/c1-2-17(19(28)24-15-9-5-3-6-10-15)27-14-23-18-16(20(27)29)13-22-21(25-18)26-11-7-4-8-12-26/h3,5-6,9-10,13-14,17H,2,4,7-8,11-12H2,1H3,(H,24,28)/t17-/m1/s1. The highest BCUT2D eigenvalue weighted by atomic mass is 16.2. The fourth-order valence-corrected chi connectivity index (χ4v) is 3.65. The van der Waals surface area contributed by atoms with Gasteiger partial charge in [-0.25, -0.2) is 9.97 Å². The molecule has 29 heavy (non-hydrogen) atoms. The predicted molar refractivity (Wildman–Crippen MR) is 112 cm³/mol. The molecule has 8 nitrogen and oxygen atoms in total. The first-order valence-corrected chi connectivity index (χ1v) is 10.0. The summed E-state index contributed by atoms with van der Waals surface area (Å²) in [6, 6.07) is 8.52. The number of fused-ring (bicyclic) bond motifs is 1. The molecule has 1 saturated heterocycles. The number of para-hydroxylation sites is 1. The lowest BCUT2D eigenvalue weighted by molar-refractivity contribution is -0.119. The van der Waals surface area contributed by atoms with E-state index < -0.39 is 6.04 Å². The van der Waals surface area contributed by atoms with E-state index >= 15 is 0 Å². The molecule has 1 aliphatic heterocycles. The van der Waals surface area contributed by atoms with Crippen molar-refractivity contribution in [2.24, 2.45) is 0 Å². The summed E-state index contributed by atoms with van der Waals surface area (Å²) in [5.41, 5.74) is 0.739. The van der Waals surface area contributed by atoms with Gasteiger partial charge in [0.2, 0.25) is 11.9 Å². The zero-order valence-electron chi connectivity index (χ0n) is 16.4. The highest BCUT2D eigenvalue weighted by Gasteiger charge is 2.22. The van der Waals surface area contributed by atoms with E-state index in [1.165, 1.54) is 23.5 Å². The monoisotopic (exact) mass is 392 g/mol. The number of anilines is 2. The van der Waals surface area contributed by atoms with Crippen molar-refractivity contribution in [3.05, 3.63) is 53.2 Å². The topological polar surface area (TPSA) is 93.0 Å². The first kappa shape index (κ1) is 19.0. The van der Waals surface area contributed by atoms with Gasteiger partial charge in [0.15, 0.2) is 5.65 Å². The molecule has 4 rings (SSSR count). The Morgan fingerprint density at radius 1 is 1.14 bits per heavy atom. The summed E-state index contributed by atoms with van der Waals surface area (Å²) >= 11 is 0. The zero-order valence-corrected chi connectivity index (χ0v) is 16.4. The molecule has 8 heteroatoms. The molecular formula is C21H24N6O2. The smallest absolute Gasteiger partial charge is 0.265 e. The maximum atomic E-state index is 13.0. The number of carbonyl (C=O) groups is 1. The quantitative estimate of drug-likeness (QED) is 0.718. The van der Waals surface area contributed by atoms with Gasteiger partial charge in [0.05, 0.1) is 0 Å². The number of nitrogens with one attached hydrogen (secondary N) is 1. The van der Waals surface area contributed by atoms with Crippen LogP contribution in [0.1, 0.15) is 38.6 Å². The summed E-state index contributed by atoms with van der Waals surface area (Å²) in [5.74, 6) is 0.350. The number of carbonyl (C=O) groups excluding carboxylic acids is 1. The summed E-state index contributed by atoms with van der Waals surface area (Å²) in [4.78, 5) is 41.1. The molecule has 0 radical (unpaired) electrons. The Morgan fingerprint density at radius 2 is 1.90 bits per heavy atom. The average Bonchev–Trinajstić information content (AvgIpc) is 2.77. The summed E-state index contributed by atoms with van der Waals surface area (Å²) in [6.07, 6.45) is 6.85. The molecule has 0 unspecified atom stereocenters. The van der Waals surface area contributed by atoms with Gasteiger partial charge in [-0.3, -0.25) is 14.2 Å². The van der Waals surface area contributed by atoms with Crippen LogP contribution in [0.5, 0.6) is 0 Å². The molecule has 3 heterocycles. The van der Waals surface area contributed by atoms with E-state index in [-0.39, 0.29) is 11.5 Å². The van der Waals surface area contributed by atoms with Gasteiger partial charge in [0.1, 0.15) is 17.8 Å². The third-order valence-corrected chi connectivity index (χ3v) is 5.23. The fourth-order valence-electron chi connectivity index (χ4n) is 3.65. The van der Waals surface area contributed by atoms with Gasteiger partial charge < -0.3 is 10.2 Å². The molecule has 0 spiro atoms. The Labute approximate surface area is 168 Å². The van der Waals surface area contributed by atoms with Gasteiger partial charge >= 0.3 is 0 Å². The summed E-state index contributed by atoms with van der Waals surface area (Å²) in [7, 11) is 0. The molecule has 1 atom stereocenters. The number of hydrogen-bond acceptors (Lipinski definition) is 6. The second kappa shape index (κ2) is 8.38. The Kier molecular flexibility index (Phi) is 5.50. The number of piperidine rings is 1. The molecule has 2 aromatic heterocycles. The molecule has 1 aromatic carbocycles. The molecule has 1 amide bonds. The minimum atomic E-state index is -0.665. The maximum absolute atomic E-state index is 13.0. The van der Waals surface area contributed by atoms with Crippen molar-refractivity contribution in [1.82, 2.24) is 19.5 Å². The van der Waals surface area contributed by atoms with Crippen LogP contribution in [0.25, 0.3) is 11.0 Å². The molecular weight excluding hydrogens is 368 g/mol. The van der Waals surface area contributed by atoms with Crippen molar-refractivity contribution in [1.29, 1.82) is 0 Å². The van der Waals surface area contributed by atoms with Crippen molar-refractivity contribution in [3.8, 4) is 0 Å². The third kappa shape index (κ3) is 3.96. The number of rotatable bonds is 5. The Morgan fingerprint density at radius 3 is 2.62 bits per heavy atom. The van der Waals surface area contributed by atoms with Crippen LogP contribution in [0.4, 0.5) is 11.6 Å². The number of benzene rings is 1. The van der Waals surface area contributed by atoms with Crippen LogP contribution in [-0.4, -0.2) is 38.5 Å². The Bertz CT molecular complexity index is 1060. The lowest BCUT2D eigenvalue weighted by atomic mass is 10.1. The second-order valence-electron chi connectivity index (χ2n) is 7.19. The van der Waals surface area contributed by atoms with Gasteiger partial charge in [-0.2, -0.15) is 4.98 Å². The minimum absolute atomic E-state index is 0.257. The van der Waals surface area contributed by atoms with E-state index in [9.17, 15) is 9.59 Å². The van der Waals surface area contributed by atoms with Crippen molar-refractivity contribution >= 4 is 28.6 Å². The van der Waals surface area contributed by atoms with E-state index in [1.54, 1.807) is 0 Å². The van der Waals surface area contributed by atoms with Crippen LogP contribution in [0.2, 0.25) is 0 Å². The van der Waals surface area contributed by atoms with E-state index in [2.05, 4.69) is 25.2 Å². The van der Waals surface area contributed by atoms with E-state index in [0.717, 1.165) is 25.9 Å². The van der Waals surface area contributed by atoms with Crippen LogP contribution in [0.3, 0.4) is 0 Å². The number of hydrogen-bond donors (Lipinski definition) is 1. The normalized spacial score (nSPS) is 15.3. The van der Waals surface area contributed by atoms with Crippen molar-refractivity contribution in [2.45, 2.75) is 38.6 Å². The molecule has 1 N–H and O–H groups in total. The van der Waals surface area contributed by atoms with E-state index in [1.807, 2.05) is 37.3 Å².